The molecule has 0 amide bonds. The Morgan fingerprint density at radius 1 is 1.38 bits per heavy atom. The van der Waals surface area contributed by atoms with Crippen LogP contribution >= 0.6 is 0 Å². The zero-order valence-corrected chi connectivity index (χ0v) is 7.76. The van der Waals surface area contributed by atoms with Crippen LogP contribution in [0, 0.1) is 5.82 Å². The molecule has 1 unspecified atom stereocenters. The van der Waals surface area contributed by atoms with Gasteiger partial charge in [-0.2, -0.15) is 0 Å². The fourth-order valence-electron chi connectivity index (χ4n) is 1.89. The summed E-state index contributed by atoms with van der Waals surface area (Å²) in [5.41, 5.74) is 3.40. The third kappa shape index (κ3) is 1.27. The summed E-state index contributed by atoms with van der Waals surface area (Å²) in [7, 11) is 1.92. The van der Waals surface area contributed by atoms with Gasteiger partial charge in [0, 0.05) is 0 Å². The molecule has 0 saturated carbocycles. The van der Waals surface area contributed by atoms with E-state index in [9.17, 15) is 4.39 Å². The van der Waals surface area contributed by atoms with Crippen LogP contribution in [0.4, 0.5) is 4.39 Å². The van der Waals surface area contributed by atoms with Gasteiger partial charge in [-0.15, -0.1) is 0 Å². The molecule has 1 aromatic carbocycles. The molecule has 1 atom stereocenters. The summed E-state index contributed by atoms with van der Waals surface area (Å²) in [5, 5.41) is 3.20. The SMILES string of the molecule is CNC1C(C)=Cc2cc(F)ccc21. The molecule has 13 heavy (non-hydrogen) atoms. The van der Waals surface area contributed by atoms with Crippen LogP contribution in [0.2, 0.25) is 0 Å². The van der Waals surface area contributed by atoms with Crippen molar-refractivity contribution >= 4 is 6.08 Å². The first-order valence-corrected chi connectivity index (χ1v) is 4.37. The molecule has 1 aromatic rings. The maximum Gasteiger partial charge on any atom is 0.123 e. The van der Waals surface area contributed by atoms with E-state index in [1.807, 2.05) is 19.2 Å². The van der Waals surface area contributed by atoms with E-state index in [4.69, 9.17) is 0 Å². The minimum Gasteiger partial charge on any atom is -0.310 e. The molecule has 0 bridgehead atoms. The Bertz CT molecular complexity index is 368. The third-order valence-corrected chi connectivity index (χ3v) is 2.49. The van der Waals surface area contributed by atoms with Crippen LogP contribution in [0.3, 0.4) is 0 Å². The third-order valence-electron chi connectivity index (χ3n) is 2.49. The van der Waals surface area contributed by atoms with Gasteiger partial charge in [0.15, 0.2) is 0 Å². The Hall–Kier alpha value is -1.15. The Morgan fingerprint density at radius 2 is 2.15 bits per heavy atom. The number of nitrogens with one attached hydrogen (secondary N) is 1. The van der Waals surface area contributed by atoms with Crippen LogP contribution in [-0.2, 0) is 0 Å². The van der Waals surface area contributed by atoms with Crippen LogP contribution in [0.25, 0.3) is 6.08 Å². The monoisotopic (exact) mass is 177 g/mol. The zero-order chi connectivity index (χ0) is 9.42. The summed E-state index contributed by atoms with van der Waals surface area (Å²) in [4.78, 5) is 0. The minimum atomic E-state index is -0.167. The molecule has 0 fully saturated rings. The van der Waals surface area contributed by atoms with Crippen molar-refractivity contribution in [1.29, 1.82) is 0 Å². The number of likely N-dealkylation sites (N-methyl/N-ethyl adjacent to an activating group) is 1. The first kappa shape index (κ1) is 8.45. The topological polar surface area (TPSA) is 12.0 Å². The van der Waals surface area contributed by atoms with Crippen molar-refractivity contribution < 1.29 is 4.39 Å². The molecule has 1 N–H and O–H groups in total. The molecule has 2 heteroatoms. The normalized spacial score (nSPS) is 19.9. The second-order valence-electron chi connectivity index (χ2n) is 3.38. The number of hydrogen-bond acceptors (Lipinski definition) is 1. The van der Waals surface area contributed by atoms with Gasteiger partial charge in [-0.3, -0.25) is 0 Å². The molecule has 68 valence electrons. The number of halogens is 1. The molecule has 1 nitrogen and oxygen atoms in total. The molecular weight excluding hydrogens is 165 g/mol. The molecule has 2 rings (SSSR count). The largest absolute Gasteiger partial charge is 0.310 e. The Morgan fingerprint density at radius 3 is 2.85 bits per heavy atom. The van der Waals surface area contributed by atoms with Gasteiger partial charge in [-0.05, 0) is 37.2 Å². The van der Waals surface area contributed by atoms with Gasteiger partial charge >= 0.3 is 0 Å². The molecule has 0 radical (unpaired) electrons. The highest BCUT2D eigenvalue weighted by atomic mass is 19.1. The molecule has 1 aliphatic carbocycles. The lowest BCUT2D eigenvalue weighted by Gasteiger charge is -2.12. The number of benzene rings is 1. The van der Waals surface area contributed by atoms with E-state index in [-0.39, 0.29) is 11.9 Å². The predicted molar refractivity (Wildman–Crippen MR) is 51.9 cm³/mol. The standard InChI is InChI=1S/C11H12FN/c1-7-5-8-6-9(12)3-4-10(8)11(7)13-2/h3-6,11,13H,1-2H3. The molecule has 0 saturated heterocycles. The number of hydrogen-bond donors (Lipinski definition) is 1. The van der Waals surface area contributed by atoms with Crippen molar-refractivity contribution in [2.24, 2.45) is 0 Å². The van der Waals surface area contributed by atoms with Crippen molar-refractivity contribution in [3.63, 3.8) is 0 Å². The van der Waals surface area contributed by atoms with Crippen LogP contribution in [0.1, 0.15) is 24.1 Å². The van der Waals surface area contributed by atoms with Gasteiger partial charge in [0.1, 0.15) is 5.82 Å². The fourth-order valence-corrected chi connectivity index (χ4v) is 1.89. The highest BCUT2D eigenvalue weighted by molar-refractivity contribution is 5.65. The van der Waals surface area contributed by atoms with Gasteiger partial charge in [0.05, 0.1) is 6.04 Å². The van der Waals surface area contributed by atoms with E-state index in [1.54, 1.807) is 6.07 Å². The summed E-state index contributed by atoms with van der Waals surface area (Å²) >= 11 is 0. The van der Waals surface area contributed by atoms with E-state index < -0.39 is 0 Å². The highest BCUT2D eigenvalue weighted by Crippen LogP contribution is 2.33. The molecular formula is C11H12FN. The van der Waals surface area contributed by atoms with Crippen LogP contribution in [-0.4, -0.2) is 7.05 Å². The van der Waals surface area contributed by atoms with E-state index in [2.05, 4.69) is 12.2 Å². The molecule has 0 spiro atoms. The van der Waals surface area contributed by atoms with Gasteiger partial charge in [0.25, 0.3) is 0 Å². The minimum absolute atomic E-state index is 0.167. The van der Waals surface area contributed by atoms with Gasteiger partial charge in [-0.1, -0.05) is 17.7 Å². The summed E-state index contributed by atoms with van der Waals surface area (Å²) in [6.07, 6.45) is 2.03. The van der Waals surface area contributed by atoms with Crippen LogP contribution in [0.5, 0.6) is 0 Å². The predicted octanol–water partition coefficient (Wildman–Crippen LogP) is 2.50. The van der Waals surface area contributed by atoms with Gasteiger partial charge < -0.3 is 5.32 Å². The molecule has 0 aromatic heterocycles. The molecule has 0 heterocycles. The smallest absolute Gasteiger partial charge is 0.123 e. The van der Waals surface area contributed by atoms with Gasteiger partial charge in [-0.25, -0.2) is 4.39 Å². The first-order chi connectivity index (χ1) is 6.22. The zero-order valence-electron chi connectivity index (χ0n) is 7.76. The Labute approximate surface area is 77.3 Å². The lowest BCUT2D eigenvalue weighted by Crippen LogP contribution is -2.15. The van der Waals surface area contributed by atoms with E-state index in [0.717, 1.165) is 5.56 Å². The summed E-state index contributed by atoms with van der Waals surface area (Å²) in [6, 6.07) is 5.19. The number of rotatable bonds is 1. The quantitative estimate of drug-likeness (QED) is 0.695. The van der Waals surface area contributed by atoms with Crippen LogP contribution < -0.4 is 5.32 Å². The Balaban J connectivity index is 2.51. The Kier molecular flexibility index (Phi) is 1.93. The van der Waals surface area contributed by atoms with Crippen molar-refractivity contribution in [2.45, 2.75) is 13.0 Å². The average Bonchev–Trinajstić information content (AvgIpc) is 2.39. The molecule has 0 aliphatic heterocycles. The second-order valence-corrected chi connectivity index (χ2v) is 3.38. The van der Waals surface area contributed by atoms with E-state index in [1.165, 1.54) is 17.2 Å². The van der Waals surface area contributed by atoms with Crippen molar-refractivity contribution in [3.8, 4) is 0 Å². The summed E-state index contributed by atoms with van der Waals surface area (Å²) < 4.78 is 12.9. The van der Waals surface area contributed by atoms with Crippen molar-refractivity contribution in [2.75, 3.05) is 7.05 Å². The second kappa shape index (κ2) is 2.96. The van der Waals surface area contributed by atoms with Crippen molar-refractivity contribution in [1.82, 2.24) is 5.32 Å². The van der Waals surface area contributed by atoms with Crippen molar-refractivity contribution in [3.05, 3.63) is 40.7 Å². The highest BCUT2D eigenvalue weighted by Gasteiger charge is 2.20. The van der Waals surface area contributed by atoms with E-state index >= 15 is 0 Å². The summed E-state index contributed by atoms with van der Waals surface area (Å²) in [6.45, 7) is 2.05. The maximum atomic E-state index is 12.9. The lowest BCUT2D eigenvalue weighted by atomic mass is 10.1. The average molecular weight is 177 g/mol. The maximum absolute atomic E-state index is 12.9. The van der Waals surface area contributed by atoms with Crippen LogP contribution in [0.15, 0.2) is 23.8 Å². The first-order valence-electron chi connectivity index (χ1n) is 4.37. The summed E-state index contributed by atoms with van der Waals surface area (Å²) in [5.74, 6) is -0.167. The molecule has 1 aliphatic rings. The van der Waals surface area contributed by atoms with Gasteiger partial charge in [0.2, 0.25) is 0 Å². The fraction of sp³-hybridized carbons (Fsp3) is 0.273. The lowest BCUT2D eigenvalue weighted by molar-refractivity contribution is 0.624. The number of fused-ring (bicyclic) bond motifs is 1. The van der Waals surface area contributed by atoms with E-state index in [0.29, 0.717) is 0 Å².